The van der Waals surface area contributed by atoms with Crippen LogP contribution in [-0.4, -0.2) is 35.2 Å². The first-order valence-electron chi connectivity index (χ1n) is 6.76. The average Bonchev–Trinajstić information content (AvgIpc) is 2.78. The number of hydrogen-bond acceptors (Lipinski definition) is 5. The van der Waals surface area contributed by atoms with Crippen LogP contribution in [0.5, 0.6) is 0 Å². The lowest BCUT2D eigenvalue weighted by Crippen LogP contribution is -2.46. The zero-order chi connectivity index (χ0) is 13.1. The van der Waals surface area contributed by atoms with Crippen molar-refractivity contribution in [2.45, 2.75) is 46.1 Å². The number of anilines is 1. The van der Waals surface area contributed by atoms with Crippen LogP contribution in [0.15, 0.2) is 0 Å². The molecule has 0 bridgehead atoms. The molecule has 1 aliphatic heterocycles. The molecule has 0 spiro atoms. The van der Waals surface area contributed by atoms with Gasteiger partial charge in [-0.15, -0.1) is 0 Å². The second-order valence-corrected chi connectivity index (χ2v) is 6.37. The summed E-state index contributed by atoms with van der Waals surface area (Å²) < 4.78 is 10.1. The summed E-state index contributed by atoms with van der Waals surface area (Å²) in [6, 6.07) is 0.451. The van der Waals surface area contributed by atoms with Crippen molar-refractivity contribution in [3.63, 3.8) is 0 Å². The number of ether oxygens (including phenoxy) is 1. The van der Waals surface area contributed by atoms with E-state index in [1.165, 1.54) is 11.5 Å². The fourth-order valence-corrected chi connectivity index (χ4v) is 3.13. The molecule has 0 radical (unpaired) electrons. The van der Waals surface area contributed by atoms with Gasteiger partial charge in [-0.25, -0.2) is 4.98 Å². The van der Waals surface area contributed by atoms with Crippen molar-refractivity contribution in [2.75, 3.05) is 24.7 Å². The van der Waals surface area contributed by atoms with Crippen LogP contribution >= 0.6 is 11.5 Å². The molecule has 102 valence electrons. The zero-order valence-electron chi connectivity index (χ0n) is 11.7. The van der Waals surface area contributed by atoms with Gasteiger partial charge >= 0.3 is 0 Å². The van der Waals surface area contributed by atoms with Gasteiger partial charge in [0.2, 0.25) is 5.13 Å². The summed E-state index contributed by atoms with van der Waals surface area (Å²) in [7, 11) is 0. The molecule has 0 amide bonds. The van der Waals surface area contributed by atoms with Gasteiger partial charge in [-0.1, -0.05) is 27.7 Å². The number of aromatic nitrogens is 2. The van der Waals surface area contributed by atoms with Gasteiger partial charge in [-0.3, -0.25) is 0 Å². The molecule has 0 N–H and O–H groups in total. The van der Waals surface area contributed by atoms with Crippen molar-refractivity contribution < 1.29 is 4.74 Å². The third-order valence-corrected chi connectivity index (χ3v) is 3.93. The fraction of sp³-hybridized carbons (Fsp3) is 0.846. The topological polar surface area (TPSA) is 38.2 Å². The molecule has 18 heavy (non-hydrogen) atoms. The molecule has 0 aromatic carbocycles. The molecule has 1 aromatic rings. The van der Waals surface area contributed by atoms with Crippen molar-refractivity contribution in [1.29, 1.82) is 0 Å². The van der Waals surface area contributed by atoms with Crippen molar-refractivity contribution >= 4 is 16.7 Å². The van der Waals surface area contributed by atoms with Gasteiger partial charge < -0.3 is 9.64 Å². The van der Waals surface area contributed by atoms with Gasteiger partial charge in [-0.2, -0.15) is 4.37 Å². The maximum atomic E-state index is 5.60. The van der Waals surface area contributed by atoms with Crippen LogP contribution in [0.4, 0.5) is 5.13 Å². The highest BCUT2D eigenvalue weighted by molar-refractivity contribution is 7.09. The molecule has 1 aliphatic rings. The molecule has 1 saturated heterocycles. The molecular formula is C13H23N3OS. The summed E-state index contributed by atoms with van der Waals surface area (Å²) in [5.74, 6) is 2.04. The smallest absolute Gasteiger partial charge is 0.205 e. The minimum absolute atomic E-state index is 0.402. The zero-order valence-corrected chi connectivity index (χ0v) is 12.5. The number of rotatable bonds is 4. The van der Waals surface area contributed by atoms with Crippen LogP contribution in [-0.2, 0) is 4.74 Å². The summed E-state index contributed by atoms with van der Waals surface area (Å²) >= 11 is 1.52. The van der Waals surface area contributed by atoms with Crippen LogP contribution in [0.2, 0.25) is 0 Å². The van der Waals surface area contributed by atoms with E-state index in [0.29, 0.717) is 17.9 Å². The largest absolute Gasteiger partial charge is 0.377 e. The van der Waals surface area contributed by atoms with Gasteiger partial charge in [0, 0.05) is 24.0 Å². The van der Waals surface area contributed by atoms with E-state index >= 15 is 0 Å². The molecule has 2 heterocycles. The molecule has 1 aromatic heterocycles. The minimum atomic E-state index is 0.402. The Morgan fingerprint density at radius 1 is 1.39 bits per heavy atom. The monoisotopic (exact) mass is 269 g/mol. The van der Waals surface area contributed by atoms with Gasteiger partial charge in [0.25, 0.3) is 0 Å². The van der Waals surface area contributed by atoms with Crippen molar-refractivity contribution in [1.82, 2.24) is 9.36 Å². The van der Waals surface area contributed by atoms with Crippen molar-refractivity contribution in [2.24, 2.45) is 5.92 Å². The summed E-state index contributed by atoms with van der Waals surface area (Å²) in [5, 5.41) is 1.06. The molecule has 5 heteroatoms. The molecule has 0 saturated carbocycles. The Morgan fingerprint density at radius 2 is 2.17 bits per heavy atom. The standard InChI is InChI=1S/C13H23N3OS/c1-9(2)7-11-8-17-6-5-16(11)13-14-12(10(3)4)15-18-13/h9-11H,5-8H2,1-4H3. The molecule has 0 aliphatic carbocycles. The van der Waals surface area contributed by atoms with Gasteiger partial charge in [0.1, 0.15) is 5.82 Å². The highest BCUT2D eigenvalue weighted by Gasteiger charge is 2.26. The fourth-order valence-electron chi connectivity index (χ4n) is 2.22. The van der Waals surface area contributed by atoms with Crippen LogP contribution in [0.3, 0.4) is 0 Å². The maximum absolute atomic E-state index is 5.60. The van der Waals surface area contributed by atoms with Gasteiger partial charge in [0.05, 0.1) is 19.3 Å². The first-order valence-corrected chi connectivity index (χ1v) is 7.53. The van der Waals surface area contributed by atoms with Crippen LogP contribution in [0, 0.1) is 5.92 Å². The molecule has 1 atom stereocenters. The SMILES string of the molecule is CC(C)CC1COCCN1c1nc(C(C)C)ns1. The maximum Gasteiger partial charge on any atom is 0.205 e. The highest BCUT2D eigenvalue weighted by atomic mass is 32.1. The summed E-state index contributed by atoms with van der Waals surface area (Å²) in [4.78, 5) is 7.05. The normalized spacial score (nSPS) is 21.0. The number of morpholine rings is 1. The van der Waals surface area contributed by atoms with Crippen molar-refractivity contribution in [3.05, 3.63) is 5.82 Å². The second-order valence-electron chi connectivity index (χ2n) is 5.64. The Kier molecular flexibility index (Phi) is 4.56. The van der Waals surface area contributed by atoms with Crippen LogP contribution < -0.4 is 4.90 Å². The molecule has 4 nitrogen and oxygen atoms in total. The number of hydrogen-bond donors (Lipinski definition) is 0. The molecular weight excluding hydrogens is 246 g/mol. The summed E-state index contributed by atoms with van der Waals surface area (Å²) in [6.45, 7) is 11.3. The van der Waals surface area contributed by atoms with E-state index in [9.17, 15) is 0 Å². The summed E-state index contributed by atoms with van der Waals surface area (Å²) in [5.41, 5.74) is 0. The number of nitrogens with zero attached hydrogens (tertiary/aromatic N) is 3. The van der Waals surface area contributed by atoms with Gasteiger partial charge in [0.15, 0.2) is 0 Å². The quantitative estimate of drug-likeness (QED) is 0.842. The third kappa shape index (κ3) is 3.20. The van der Waals surface area contributed by atoms with E-state index in [0.717, 1.165) is 37.1 Å². The summed E-state index contributed by atoms with van der Waals surface area (Å²) in [6.07, 6.45) is 1.15. The lowest BCUT2D eigenvalue weighted by Gasteiger charge is -2.36. The Labute approximate surface area is 114 Å². The Morgan fingerprint density at radius 3 is 2.78 bits per heavy atom. The highest BCUT2D eigenvalue weighted by Crippen LogP contribution is 2.26. The van der Waals surface area contributed by atoms with Gasteiger partial charge in [-0.05, 0) is 12.3 Å². The van der Waals surface area contributed by atoms with Crippen LogP contribution in [0.1, 0.15) is 45.9 Å². The minimum Gasteiger partial charge on any atom is -0.377 e. The van der Waals surface area contributed by atoms with E-state index in [1.54, 1.807) is 0 Å². The third-order valence-electron chi connectivity index (χ3n) is 3.16. The lowest BCUT2D eigenvalue weighted by atomic mass is 10.0. The molecule has 1 fully saturated rings. The first kappa shape index (κ1) is 13.7. The average molecular weight is 269 g/mol. The molecule has 2 rings (SSSR count). The van der Waals surface area contributed by atoms with E-state index in [1.807, 2.05) is 0 Å². The van der Waals surface area contributed by atoms with E-state index in [2.05, 4.69) is 42.0 Å². The second kappa shape index (κ2) is 5.97. The Bertz CT molecular complexity index is 378. The van der Waals surface area contributed by atoms with E-state index in [4.69, 9.17) is 4.74 Å². The van der Waals surface area contributed by atoms with Crippen molar-refractivity contribution in [3.8, 4) is 0 Å². The predicted molar refractivity (Wildman–Crippen MR) is 75.4 cm³/mol. The first-order chi connectivity index (χ1) is 8.58. The Hall–Kier alpha value is -0.680. The van der Waals surface area contributed by atoms with Crippen LogP contribution in [0.25, 0.3) is 0 Å². The lowest BCUT2D eigenvalue weighted by molar-refractivity contribution is 0.0877. The Balaban J connectivity index is 2.11. The van der Waals surface area contributed by atoms with E-state index < -0.39 is 0 Å². The molecule has 1 unspecified atom stereocenters. The predicted octanol–water partition coefficient (Wildman–Crippen LogP) is 2.91. The van der Waals surface area contributed by atoms with E-state index in [-0.39, 0.29) is 0 Å².